The summed E-state index contributed by atoms with van der Waals surface area (Å²) >= 11 is 0. The van der Waals surface area contributed by atoms with Crippen LogP contribution in [0.1, 0.15) is 27.2 Å². The molecule has 0 fully saturated rings. The third-order valence-electron chi connectivity index (χ3n) is 1.40. The summed E-state index contributed by atoms with van der Waals surface area (Å²) in [4.78, 5) is 11.8. The van der Waals surface area contributed by atoms with Crippen molar-refractivity contribution >= 4 is 16.1 Å². The lowest BCUT2D eigenvalue weighted by atomic mass is 10.4. The Balaban J connectivity index is -0.000000187. The molecule has 18 heavy (non-hydrogen) atoms. The molecule has 0 aromatic heterocycles. The fourth-order valence-corrected chi connectivity index (χ4v) is 0.447. The molecular weight excluding hydrogens is 258 g/mol. The van der Waals surface area contributed by atoms with Crippen LogP contribution in [0.4, 0.5) is 0 Å². The van der Waals surface area contributed by atoms with Gasteiger partial charge in [-0.25, -0.2) is 4.79 Å². The maximum atomic E-state index is 9.60. The molecule has 7 heteroatoms. The van der Waals surface area contributed by atoms with Gasteiger partial charge in [-0.2, -0.15) is 8.42 Å². The van der Waals surface area contributed by atoms with E-state index in [1.54, 1.807) is 0 Å². The van der Waals surface area contributed by atoms with E-state index >= 15 is 0 Å². The molecule has 0 aliphatic carbocycles. The van der Waals surface area contributed by atoms with Crippen LogP contribution in [0.25, 0.3) is 0 Å². The maximum Gasteiger partial charge on any atom is 0.330 e. The SMILES string of the molecule is C=C(C)C(=O)O.CCCN(C)C.CCS(=O)(=O)O. The van der Waals surface area contributed by atoms with Gasteiger partial charge in [0.15, 0.2) is 0 Å². The molecule has 110 valence electrons. The van der Waals surface area contributed by atoms with E-state index in [0.717, 1.165) is 0 Å². The number of carboxylic acids is 1. The van der Waals surface area contributed by atoms with Gasteiger partial charge in [-0.3, -0.25) is 4.55 Å². The predicted octanol–water partition coefficient (Wildman–Crippen LogP) is 1.50. The normalized spacial score (nSPS) is 9.72. The summed E-state index contributed by atoms with van der Waals surface area (Å²) < 4.78 is 26.9. The summed E-state index contributed by atoms with van der Waals surface area (Å²) in [5, 5.41) is 7.89. The quantitative estimate of drug-likeness (QED) is 0.599. The molecule has 0 bridgehead atoms. The van der Waals surface area contributed by atoms with Gasteiger partial charge in [0.1, 0.15) is 0 Å². The van der Waals surface area contributed by atoms with Crippen molar-refractivity contribution in [2.24, 2.45) is 0 Å². The third kappa shape index (κ3) is 36.3. The molecule has 0 aliphatic heterocycles. The highest BCUT2D eigenvalue weighted by atomic mass is 32.2. The van der Waals surface area contributed by atoms with Gasteiger partial charge >= 0.3 is 5.97 Å². The van der Waals surface area contributed by atoms with Crippen LogP contribution >= 0.6 is 0 Å². The number of nitrogens with zero attached hydrogens (tertiary/aromatic N) is 1. The minimum Gasteiger partial charge on any atom is -0.478 e. The van der Waals surface area contributed by atoms with Crippen LogP contribution < -0.4 is 0 Å². The fraction of sp³-hybridized carbons (Fsp3) is 0.727. The topological polar surface area (TPSA) is 94.9 Å². The first-order chi connectivity index (χ1) is 7.97. The van der Waals surface area contributed by atoms with Crippen LogP contribution in [-0.4, -0.2) is 55.3 Å². The number of carboxylic acid groups (broad SMARTS) is 1. The van der Waals surface area contributed by atoms with Crippen LogP contribution in [0.2, 0.25) is 0 Å². The molecule has 0 rings (SSSR count). The Morgan fingerprint density at radius 1 is 1.28 bits per heavy atom. The first kappa shape index (κ1) is 22.3. The van der Waals surface area contributed by atoms with Crippen LogP contribution in [0.3, 0.4) is 0 Å². The van der Waals surface area contributed by atoms with Crippen LogP contribution in [0.5, 0.6) is 0 Å². The Morgan fingerprint density at radius 3 is 1.56 bits per heavy atom. The Kier molecular flexibility index (Phi) is 15.5. The fourth-order valence-electron chi connectivity index (χ4n) is 0.447. The molecule has 0 aliphatic rings. The number of rotatable bonds is 4. The summed E-state index contributed by atoms with van der Waals surface area (Å²) in [5.41, 5.74) is 0.176. The molecular formula is C11H25NO5S. The van der Waals surface area contributed by atoms with Crippen molar-refractivity contribution in [1.82, 2.24) is 4.90 Å². The summed E-state index contributed by atoms with van der Waals surface area (Å²) in [6, 6.07) is 0. The predicted molar refractivity (Wildman–Crippen MR) is 73.4 cm³/mol. The zero-order chi connectivity index (χ0) is 15.4. The lowest BCUT2D eigenvalue weighted by Crippen LogP contribution is -2.11. The Morgan fingerprint density at radius 2 is 1.56 bits per heavy atom. The van der Waals surface area contributed by atoms with E-state index in [2.05, 4.69) is 32.5 Å². The van der Waals surface area contributed by atoms with Gasteiger partial charge in [-0.15, -0.1) is 0 Å². The highest BCUT2D eigenvalue weighted by molar-refractivity contribution is 7.85. The molecule has 0 unspecified atom stereocenters. The first-order valence-electron chi connectivity index (χ1n) is 5.46. The van der Waals surface area contributed by atoms with Crippen molar-refractivity contribution in [2.45, 2.75) is 27.2 Å². The van der Waals surface area contributed by atoms with E-state index in [1.807, 2.05) is 0 Å². The molecule has 0 aromatic carbocycles. The molecule has 0 radical (unpaired) electrons. The average molecular weight is 283 g/mol. The second-order valence-electron chi connectivity index (χ2n) is 3.76. The molecule has 0 saturated heterocycles. The summed E-state index contributed by atoms with van der Waals surface area (Å²) in [6.07, 6.45) is 1.26. The number of aliphatic carboxylic acids is 1. The van der Waals surface area contributed by atoms with Gasteiger partial charge in [-0.1, -0.05) is 13.5 Å². The van der Waals surface area contributed by atoms with E-state index in [-0.39, 0.29) is 11.3 Å². The number of carbonyl (C=O) groups is 1. The number of hydrogen-bond acceptors (Lipinski definition) is 4. The third-order valence-corrected chi connectivity index (χ3v) is 2.13. The van der Waals surface area contributed by atoms with Gasteiger partial charge in [0.05, 0.1) is 5.75 Å². The zero-order valence-corrected chi connectivity index (χ0v) is 12.6. The second kappa shape index (κ2) is 12.5. The zero-order valence-electron chi connectivity index (χ0n) is 11.8. The molecule has 0 spiro atoms. The molecule has 0 heterocycles. The van der Waals surface area contributed by atoms with Crippen molar-refractivity contribution in [1.29, 1.82) is 0 Å². The van der Waals surface area contributed by atoms with Gasteiger partial charge < -0.3 is 10.0 Å². The highest BCUT2D eigenvalue weighted by Crippen LogP contribution is 1.81. The van der Waals surface area contributed by atoms with E-state index < -0.39 is 16.1 Å². The Bertz CT molecular complexity index is 310. The summed E-state index contributed by atoms with van der Waals surface area (Å²) in [7, 11) is 0.512. The standard InChI is InChI=1S/C5H13N.C4H6O2.C2H6O3S/c1-4-5-6(2)3;1-3(2)4(5)6;1-2-6(3,4)5/h4-5H2,1-3H3;1H2,2H3,(H,5,6);2H2,1H3,(H,3,4,5). The monoisotopic (exact) mass is 283 g/mol. The van der Waals surface area contributed by atoms with Gasteiger partial charge in [-0.05, 0) is 40.9 Å². The molecule has 0 atom stereocenters. The minimum absolute atomic E-state index is 0.176. The molecule has 2 N–H and O–H groups in total. The van der Waals surface area contributed by atoms with Crippen molar-refractivity contribution in [2.75, 3.05) is 26.4 Å². The molecule has 6 nitrogen and oxygen atoms in total. The first-order valence-corrected chi connectivity index (χ1v) is 7.07. The molecule has 0 amide bonds. The van der Waals surface area contributed by atoms with Crippen molar-refractivity contribution in [3.8, 4) is 0 Å². The lowest BCUT2D eigenvalue weighted by molar-refractivity contribution is -0.132. The highest BCUT2D eigenvalue weighted by Gasteiger charge is 1.93. The van der Waals surface area contributed by atoms with Crippen LogP contribution in [0, 0.1) is 0 Å². The van der Waals surface area contributed by atoms with Crippen molar-refractivity contribution in [3.63, 3.8) is 0 Å². The Labute approximate surface area is 110 Å². The average Bonchev–Trinajstić information content (AvgIpc) is 2.18. The number of hydrogen-bond donors (Lipinski definition) is 2. The maximum absolute atomic E-state index is 9.60. The van der Waals surface area contributed by atoms with Crippen molar-refractivity contribution in [3.05, 3.63) is 12.2 Å². The second-order valence-corrected chi connectivity index (χ2v) is 5.50. The minimum atomic E-state index is -3.66. The van der Waals surface area contributed by atoms with E-state index in [4.69, 9.17) is 9.66 Å². The van der Waals surface area contributed by atoms with Crippen LogP contribution in [-0.2, 0) is 14.9 Å². The smallest absolute Gasteiger partial charge is 0.330 e. The van der Waals surface area contributed by atoms with Gasteiger partial charge in [0.25, 0.3) is 10.1 Å². The van der Waals surface area contributed by atoms with Crippen molar-refractivity contribution < 1.29 is 22.9 Å². The van der Waals surface area contributed by atoms with E-state index in [1.165, 1.54) is 26.8 Å². The summed E-state index contributed by atoms with van der Waals surface area (Å²) in [5.74, 6) is -1.14. The molecule has 0 saturated carbocycles. The van der Waals surface area contributed by atoms with Gasteiger partial charge in [0, 0.05) is 5.57 Å². The lowest BCUT2D eigenvalue weighted by Gasteiger charge is -2.03. The summed E-state index contributed by atoms with van der Waals surface area (Å²) in [6.45, 7) is 9.36. The Hall–Kier alpha value is -0.920. The molecule has 0 aromatic rings. The van der Waals surface area contributed by atoms with E-state index in [9.17, 15) is 13.2 Å². The van der Waals surface area contributed by atoms with Crippen LogP contribution in [0.15, 0.2) is 12.2 Å². The van der Waals surface area contributed by atoms with E-state index in [0.29, 0.717) is 0 Å². The largest absolute Gasteiger partial charge is 0.478 e. The van der Waals surface area contributed by atoms with Gasteiger partial charge in [0.2, 0.25) is 0 Å².